The lowest BCUT2D eigenvalue weighted by atomic mass is 9.93. The van der Waals surface area contributed by atoms with Crippen LogP contribution in [-0.4, -0.2) is 24.1 Å². The molecule has 164 valence electrons. The number of hydrogen-bond donors (Lipinski definition) is 3. The summed E-state index contributed by atoms with van der Waals surface area (Å²) in [5, 5.41) is 4.54. The van der Waals surface area contributed by atoms with Crippen molar-refractivity contribution in [2.24, 2.45) is 5.10 Å². The first-order valence-electron chi connectivity index (χ1n) is 10.4. The van der Waals surface area contributed by atoms with Gasteiger partial charge in [0.25, 0.3) is 5.91 Å². The van der Waals surface area contributed by atoms with Gasteiger partial charge in [-0.05, 0) is 44.0 Å². The number of carbonyl (C=O) groups excluding carboxylic acids is 2. The number of benzene rings is 2. The van der Waals surface area contributed by atoms with Crippen molar-refractivity contribution in [3.05, 3.63) is 83.3 Å². The second-order valence-corrected chi connectivity index (χ2v) is 7.35. The van der Waals surface area contributed by atoms with Gasteiger partial charge in [0.2, 0.25) is 0 Å². The van der Waals surface area contributed by atoms with E-state index >= 15 is 0 Å². The summed E-state index contributed by atoms with van der Waals surface area (Å²) in [5.41, 5.74) is 11.1. The number of amides is 2. The maximum absolute atomic E-state index is 12.6. The van der Waals surface area contributed by atoms with E-state index in [4.69, 9.17) is 9.15 Å². The SMILES string of the molecule is Cc1c(C(=O)NNC(=O)COc2ccccc2)oc2c1/C(=N/Nc1ccccc1)CCC2. The fourth-order valence-electron chi connectivity index (χ4n) is 3.53. The highest BCUT2D eigenvalue weighted by molar-refractivity contribution is 6.06. The Labute approximate surface area is 185 Å². The lowest BCUT2D eigenvalue weighted by molar-refractivity contribution is -0.123. The van der Waals surface area contributed by atoms with Gasteiger partial charge in [-0.2, -0.15) is 5.10 Å². The highest BCUT2D eigenvalue weighted by atomic mass is 16.5. The van der Waals surface area contributed by atoms with E-state index in [0.717, 1.165) is 42.0 Å². The summed E-state index contributed by atoms with van der Waals surface area (Å²) in [6.45, 7) is 1.60. The maximum Gasteiger partial charge on any atom is 0.305 e. The van der Waals surface area contributed by atoms with Crippen LogP contribution in [0.25, 0.3) is 0 Å². The van der Waals surface area contributed by atoms with Crippen LogP contribution in [0.15, 0.2) is 70.2 Å². The van der Waals surface area contributed by atoms with Crippen molar-refractivity contribution >= 4 is 23.2 Å². The van der Waals surface area contributed by atoms with Crippen molar-refractivity contribution in [2.75, 3.05) is 12.0 Å². The van der Waals surface area contributed by atoms with Crippen LogP contribution in [-0.2, 0) is 11.2 Å². The fourth-order valence-corrected chi connectivity index (χ4v) is 3.53. The molecule has 1 heterocycles. The van der Waals surface area contributed by atoms with Gasteiger partial charge >= 0.3 is 5.91 Å². The molecule has 32 heavy (non-hydrogen) atoms. The molecule has 2 aromatic carbocycles. The van der Waals surface area contributed by atoms with Crippen molar-refractivity contribution in [1.29, 1.82) is 0 Å². The van der Waals surface area contributed by atoms with E-state index in [-0.39, 0.29) is 12.4 Å². The third-order valence-electron chi connectivity index (χ3n) is 5.05. The van der Waals surface area contributed by atoms with Crippen LogP contribution in [0, 0.1) is 6.92 Å². The van der Waals surface area contributed by atoms with E-state index in [0.29, 0.717) is 11.3 Å². The highest BCUT2D eigenvalue weighted by Crippen LogP contribution is 2.30. The third kappa shape index (κ3) is 4.97. The summed E-state index contributed by atoms with van der Waals surface area (Å²) in [7, 11) is 0. The lowest BCUT2D eigenvalue weighted by Crippen LogP contribution is -2.43. The van der Waals surface area contributed by atoms with Crippen molar-refractivity contribution < 1.29 is 18.7 Å². The number of hydrazine groups is 1. The zero-order chi connectivity index (χ0) is 22.3. The fraction of sp³-hybridized carbons (Fsp3) is 0.208. The van der Waals surface area contributed by atoms with E-state index in [9.17, 15) is 9.59 Å². The predicted octanol–water partition coefficient (Wildman–Crippen LogP) is 3.58. The molecular weight excluding hydrogens is 408 g/mol. The number of para-hydroxylation sites is 2. The molecule has 1 aliphatic rings. The molecule has 0 saturated heterocycles. The Morgan fingerprint density at radius 1 is 1.00 bits per heavy atom. The first-order valence-corrected chi connectivity index (χ1v) is 10.4. The molecule has 0 saturated carbocycles. The summed E-state index contributed by atoms with van der Waals surface area (Å²) < 4.78 is 11.2. The topological polar surface area (TPSA) is 105 Å². The van der Waals surface area contributed by atoms with Crippen molar-refractivity contribution in [3.8, 4) is 5.75 Å². The van der Waals surface area contributed by atoms with E-state index in [1.54, 1.807) is 12.1 Å². The smallest absolute Gasteiger partial charge is 0.305 e. The van der Waals surface area contributed by atoms with Gasteiger partial charge in [-0.1, -0.05) is 36.4 Å². The Bertz CT molecular complexity index is 1120. The second kappa shape index (κ2) is 9.82. The van der Waals surface area contributed by atoms with Crippen molar-refractivity contribution in [2.45, 2.75) is 26.2 Å². The van der Waals surface area contributed by atoms with Crippen LogP contribution in [0.3, 0.4) is 0 Å². The Morgan fingerprint density at radius 2 is 1.72 bits per heavy atom. The number of hydrogen-bond acceptors (Lipinski definition) is 6. The van der Waals surface area contributed by atoms with Crippen LogP contribution in [0.4, 0.5) is 5.69 Å². The number of aryl methyl sites for hydroxylation is 1. The first kappa shape index (κ1) is 21.2. The first-order chi connectivity index (χ1) is 15.6. The standard InChI is InChI=1S/C24H24N4O4/c1-16-22-19(26-25-17-9-4-2-5-10-17)13-8-14-20(22)32-23(16)24(30)28-27-21(29)15-31-18-11-6-3-7-12-18/h2-7,9-12,25H,8,13-15H2,1H3,(H,27,29)(H,28,30)/b26-19+. The normalized spacial score (nSPS) is 13.8. The summed E-state index contributed by atoms with van der Waals surface area (Å²) in [6, 6.07) is 18.6. The maximum atomic E-state index is 12.6. The molecule has 0 bridgehead atoms. The van der Waals surface area contributed by atoms with Gasteiger partial charge in [0.1, 0.15) is 11.5 Å². The second-order valence-electron chi connectivity index (χ2n) is 7.35. The van der Waals surface area contributed by atoms with Gasteiger partial charge in [0.05, 0.1) is 11.4 Å². The number of furan rings is 1. The van der Waals surface area contributed by atoms with Crippen molar-refractivity contribution in [3.63, 3.8) is 0 Å². The van der Waals surface area contributed by atoms with E-state index in [1.165, 1.54) is 0 Å². The summed E-state index contributed by atoms with van der Waals surface area (Å²) in [6.07, 6.45) is 2.39. The number of hydrazone groups is 1. The Hall–Kier alpha value is -4.07. The molecule has 0 unspecified atom stereocenters. The third-order valence-corrected chi connectivity index (χ3v) is 5.05. The number of nitrogens with zero attached hydrogens (tertiary/aromatic N) is 1. The molecule has 1 aromatic heterocycles. The highest BCUT2D eigenvalue weighted by Gasteiger charge is 2.28. The number of anilines is 1. The summed E-state index contributed by atoms with van der Waals surface area (Å²) >= 11 is 0. The number of nitrogens with one attached hydrogen (secondary N) is 3. The number of rotatable bonds is 6. The monoisotopic (exact) mass is 432 g/mol. The summed E-state index contributed by atoms with van der Waals surface area (Å²) in [4.78, 5) is 24.6. The Balaban J connectivity index is 1.39. The molecule has 8 heteroatoms. The molecule has 3 N–H and O–H groups in total. The van der Waals surface area contributed by atoms with E-state index in [2.05, 4.69) is 21.4 Å². The molecule has 3 aromatic rings. The van der Waals surface area contributed by atoms with Gasteiger partial charge in [-0.3, -0.25) is 25.9 Å². The minimum absolute atomic E-state index is 0.161. The Kier molecular flexibility index (Phi) is 6.50. The Morgan fingerprint density at radius 3 is 2.47 bits per heavy atom. The molecule has 1 aliphatic carbocycles. The van der Waals surface area contributed by atoms with Gasteiger partial charge in [-0.25, -0.2) is 0 Å². The molecule has 2 amide bonds. The quantitative estimate of drug-likeness (QED) is 0.517. The van der Waals surface area contributed by atoms with Crippen LogP contribution < -0.4 is 21.0 Å². The molecule has 4 rings (SSSR count). The average Bonchev–Trinajstić information content (AvgIpc) is 3.18. The molecule has 0 spiro atoms. The van der Waals surface area contributed by atoms with Crippen LogP contribution in [0.5, 0.6) is 5.75 Å². The average molecular weight is 432 g/mol. The molecule has 8 nitrogen and oxygen atoms in total. The number of ether oxygens (including phenoxy) is 1. The van der Waals surface area contributed by atoms with Gasteiger partial charge in [0.15, 0.2) is 12.4 Å². The van der Waals surface area contributed by atoms with Crippen LogP contribution in [0.1, 0.15) is 40.3 Å². The van der Waals surface area contributed by atoms with Gasteiger partial charge in [-0.15, -0.1) is 0 Å². The summed E-state index contributed by atoms with van der Waals surface area (Å²) in [5.74, 6) is 0.449. The van der Waals surface area contributed by atoms with E-state index in [1.807, 2.05) is 55.5 Å². The zero-order valence-electron chi connectivity index (χ0n) is 17.7. The van der Waals surface area contributed by atoms with E-state index < -0.39 is 11.8 Å². The number of carbonyl (C=O) groups is 2. The van der Waals surface area contributed by atoms with Crippen LogP contribution in [0.2, 0.25) is 0 Å². The lowest BCUT2D eigenvalue weighted by Gasteiger charge is -2.13. The molecular formula is C24H24N4O4. The van der Waals surface area contributed by atoms with Crippen molar-refractivity contribution in [1.82, 2.24) is 10.9 Å². The van der Waals surface area contributed by atoms with Crippen LogP contribution >= 0.6 is 0 Å². The minimum Gasteiger partial charge on any atom is -0.484 e. The van der Waals surface area contributed by atoms with Gasteiger partial charge in [0, 0.05) is 17.5 Å². The molecule has 0 atom stereocenters. The largest absolute Gasteiger partial charge is 0.484 e. The van der Waals surface area contributed by atoms with Gasteiger partial charge < -0.3 is 9.15 Å². The molecule has 0 radical (unpaired) electrons. The molecule has 0 aliphatic heterocycles. The predicted molar refractivity (Wildman–Crippen MR) is 121 cm³/mol. The molecule has 0 fully saturated rings. The zero-order valence-corrected chi connectivity index (χ0v) is 17.7. The number of fused-ring (bicyclic) bond motifs is 1. The minimum atomic E-state index is -0.527.